The van der Waals surface area contributed by atoms with Crippen molar-refractivity contribution in [3.63, 3.8) is 0 Å². The van der Waals surface area contributed by atoms with Gasteiger partial charge in [-0.2, -0.15) is 4.57 Å². The summed E-state index contributed by atoms with van der Waals surface area (Å²) in [6.07, 6.45) is 4.27. The monoisotopic (exact) mass is 460 g/mol. The average molecular weight is 461 g/mol. The van der Waals surface area contributed by atoms with Gasteiger partial charge < -0.3 is 4.42 Å². The molecule has 3 heteroatoms. The third-order valence-corrected chi connectivity index (χ3v) is 7.23. The van der Waals surface area contributed by atoms with Gasteiger partial charge in [0.05, 0.1) is 13.5 Å². The van der Waals surface area contributed by atoms with E-state index in [2.05, 4.69) is 4.85 Å². The molecule has 1 aliphatic carbocycles. The molecule has 174 valence electrons. The van der Waals surface area contributed by atoms with Gasteiger partial charge in [0, 0.05) is 40.3 Å². The zero-order valence-corrected chi connectivity index (χ0v) is 20.1. The second-order valence-electron chi connectivity index (χ2n) is 9.37. The van der Waals surface area contributed by atoms with Gasteiger partial charge in [0.2, 0.25) is 5.69 Å². The molecular formula is C31H35N2O+. The third kappa shape index (κ3) is 3.52. The smallest absolute Gasteiger partial charge is 0.216 e. The summed E-state index contributed by atoms with van der Waals surface area (Å²) in [7, 11) is 1.63. The summed E-state index contributed by atoms with van der Waals surface area (Å²) in [6, 6.07) is 6.95. The van der Waals surface area contributed by atoms with E-state index < -0.39 is 25.5 Å². The molecule has 1 unspecified atom stereocenters. The Bertz CT molecular complexity index is 1820. The zero-order chi connectivity index (χ0) is 31.9. The van der Waals surface area contributed by atoms with Crippen LogP contribution in [-0.4, -0.2) is 0 Å². The van der Waals surface area contributed by atoms with Gasteiger partial charge in [-0.25, -0.2) is 4.85 Å². The topological polar surface area (TPSA) is 21.4 Å². The fourth-order valence-corrected chi connectivity index (χ4v) is 5.18. The maximum absolute atomic E-state index is 9.29. The Balaban J connectivity index is 1.90. The summed E-state index contributed by atoms with van der Waals surface area (Å²) in [6.45, 7) is 6.70. The molecule has 2 heterocycles. The first-order chi connectivity index (χ1) is 19.8. The first kappa shape index (κ1) is 14.3. The van der Waals surface area contributed by atoms with Gasteiger partial charge in [0.25, 0.3) is 0 Å². The Kier molecular flexibility index (Phi) is 3.62. The molecule has 2 aromatic carbocycles. The lowest BCUT2D eigenvalue weighted by Gasteiger charge is -2.23. The SMILES string of the molecule is [2H]c1c(C([2H])(C)C([2H])([2H])[2H])c(C([2H])([2H])[2H])c(C)[n+](C)c1-c1c(C)ccc2c1oc1cc([N+]#[C-])c(C3([2H])CCCCC3)cc12. The molecule has 0 bridgehead atoms. The summed E-state index contributed by atoms with van der Waals surface area (Å²) in [5.74, 6) is -3.26. The van der Waals surface area contributed by atoms with Crippen molar-refractivity contribution in [1.29, 1.82) is 0 Å². The summed E-state index contributed by atoms with van der Waals surface area (Å²) >= 11 is 0. The van der Waals surface area contributed by atoms with E-state index >= 15 is 0 Å². The fraction of sp³-hybridized carbons (Fsp3) is 0.419. The van der Waals surface area contributed by atoms with Gasteiger partial charge in [-0.05, 0) is 61.2 Å². The molecule has 1 fully saturated rings. The largest absolute Gasteiger partial charge is 0.456 e. The van der Waals surface area contributed by atoms with E-state index in [1.54, 1.807) is 24.6 Å². The summed E-state index contributed by atoms with van der Waals surface area (Å²) in [4.78, 5) is 3.75. The molecule has 0 amide bonds. The van der Waals surface area contributed by atoms with Gasteiger partial charge in [0.15, 0.2) is 11.4 Å². The van der Waals surface area contributed by atoms with Crippen LogP contribution in [0.2, 0.25) is 0 Å². The highest BCUT2D eigenvalue weighted by Crippen LogP contribution is 2.44. The normalized spacial score (nSPS) is 22.1. The molecular weight excluding hydrogens is 416 g/mol. The van der Waals surface area contributed by atoms with E-state index in [1.165, 1.54) is 0 Å². The van der Waals surface area contributed by atoms with Crippen molar-refractivity contribution in [3.05, 3.63) is 69.7 Å². The second kappa shape index (κ2) is 8.58. The lowest BCUT2D eigenvalue weighted by molar-refractivity contribution is -0.667. The lowest BCUT2D eigenvalue weighted by atomic mass is 9.83. The minimum absolute atomic E-state index is 0.224. The highest BCUT2D eigenvalue weighted by molar-refractivity contribution is 6.10. The van der Waals surface area contributed by atoms with Crippen LogP contribution >= 0.6 is 0 Å². The molecule has 1 aliphatic rings. The van der Waals surface area contributed by atoms with Crippen molar-refractivity contribution in [1.82, 2.24) is 0 Å². The number of furan rings is 1. The van der Waals surface area contributed by atoms with Gasteiger partial charge in [-0.3, -0.25) is 0 Å². The minimum Gasteiger partial charge on any atom is -0.456 e. The van der Waals surface area contributed by atoms with Crippen molar-refractivity contribution in [2.45, 2.75) is 78.4 Å². The van der Waals surface area contributed by atoms with Crippen LogP contribution in [0.25, 0.3) is 38.0 Å². The minimum atomic E-state index is -2.91. The summed E-state index contributed by atoms with van der Waals surface area (Å²) in [5, 5.41) is 1.43. The number of benzene rings is 2. The van der Waals surface area contributed by atoms with Crippen LogP contribution in [0, 0.1) is 27.3 Å². The van der Waals surface area contributed by atoms with Crippen molar-refractivity contribution >= 4 is 27.6 Å². The van der Waals surface area contributed by atoms with E-state index in [-0.39, 0.29) is 28.6 Å². The molecule has 0 radical (unpaired) electrons. The number of fused-ring (bicyclic) bond motifs is 3. The number of nitrogens with zero attached hydrogens (tertiary/aromatic N) is 2. The van der Waals surface area contributed by atoms with E-state index in [4.69, 9.17) is 20.6 Å². The molecule has 1 atom stereocenters. The van der Waals surface area contributed by atoms with Crippen LogP contribution in [0.3, 0.4) is 0 Å². The molecule has 0 aliphatic heterocycles. The molecule has 0 spiro atoms. The number of pyridine rings is 1. The predicted octanol–water partition coefficient (Wildman–Crippen LogP) is 8.72. The lowest BCUT2D eigenvalue weighted by Crippen LogP contribution is -2.36. The van der Waals surface area contributed by atoms with E-state index in [0.717, 1.165) is 31.6 Å². The Morgan fingerprint density at radius 1 is 1.24 bits per heavy atom. The number of aromatic nitrogens is 1. The number of rotatable bonds is 3. The van der Waals surface area contributed by atoms with Crippen LogP contribution < -0.4 is 4.57 Å². The molecule has 2 aromatic heterocycles. The molecule has 34 heavy (non-hydrogen) atoms. The van der Waals surface area contributed by atoms with Crippen molar-refractivity contribution < 1.29 is 21.3 Å². The third-order valence-electron chi connectivity index (χ3n) is 7.23. The zero-order valence-electron chi connectivity index (χ0n) is 29.1. The Labute approximate surface area is 215 Å². The predicted molar refractivity (Wildman–Crippen MR) is 141 cm³/mol. The molecule has 4 aromatic rings. The van der Waals surface area contributed by atoms with Crippen LogP contribution in [-0.2, 0) is 7.05 Å². The van der Waals surface area contributed by atoms with E-state index in [1.807, 2.05) is 25.1 Å². The first-order valence-corrected chi connectivity index (χ1v) is 11.8. The van der Waals surface area contributed by atoms with Gasteiger partial charge >= 0.3 is 0 Å². The van der Waals surface area contributed by atoms with Crippen molar-refractivity contribution in [2.24, 2.45) is 7.05 Å². The number of hydrogen-bond donors (Lipinski definition) is 0. The summed E-state index contributed by atoms with van der Waals surface area (Å²) < 4.78 is 84.3. The highest BCUT2D eigenvalue weighted by atomic mass is 16.3. The van der Waals surface area contributed by atoms with Gasteiger partial charge in [-0.1, -0.05) is 51.2 Å². The fourth-order valence-electron chi connectivity index (χ4n) is 5.18. The number of aryl methyl sites for hydroxylation is 1. The van der Waals surface area contributed by atoms with Crippen LogP contribution in [0.1, 0.15) is 98.0 Å². The molecule has 3 nitrogen and oxygen atoms in total. The second-order valence-corrected chi connectivity index (χ2v) is 9.37. The standard InChI is InChI=1S/C31H35N2O/c1-18(2)24-16-28(33(7)21(5)20(24)4)30-19(3)13-14-23-26-15-25(22-11-9-8-10-12-22)27(32-6)17-29(26)34-31(23)30/h13-18,22H,8-12H2,1-5,7H3/q+1/i1D3,4D3,16D,18D,22D. The number of hydrogen-bond acceptors (Lipinski definition) is 1. The molecule has 5 rings (SSSR count). The van der Waals surface area contributed by atoms with Crippen LogP contribution in [0.5, 0.6) is 0 Å². The van der Waals surface area contributed by atoms with Gasteiger partial charge in [0.1, 0.15) is 18.2 Å². The average Bonchev–Trinajstić information content (AvgIpc) is 3.27. The Morgan fingerprint density at radius 3 is 2.74 bits per heavy atom. The maximum atomic E-state index is 9.29. The van der Waals surface area contributed by atoms with Gasteiger partial charge in [-0.15, -0.1) is 0 Å². The Morgan fingerprint density at radius 2 is 2.03 bits per heavy atom. The molecule has 1 saturated carbocycles. The first-order valence-electron chi connectivity index (χ1n) is 16.3. The Hall–Kier alpha value is -3.12. The highest BCUT2D eigenvalue weighted by Gasteiger charge is 2.26. The maximum Gasteiger partial charge on any atom is 0.216 e. The van der Waals surface area contributed by atoms with Crippen LogP contribution in [0.4, 0.5) is 5.69 Å². The summed E-state index contributed by atoms with van der Waals surface area (Å²) in [5.41, 5.74) is 2.87. The van der Waals surface area contributed by atoms with Crippen molar-refractivity contribution in [3.8, 4) is 11.3 Å². The quantitative estimate of drug-likeness (QED) is 0.221. The van der Waals surface area contributed by atoms with Crippen LogP contribution in [0.15, 0.2) is 34.7 Å². The van der Waals surface area contributed by atoms with E-state index in [9.17, 15) is 2.74 Å². The van der Waals surface area contributed by atoms with E-state index in [0.29, 0.717) is 51.8 Å². The molecule has 0 N–H and O–H groups in total. The molecule has 0 saturated heterocycles. The van der Waals surface area contributed by atoms with Crippen molar-refractivity contribution in [2.75, 3.05) is 0 Å².